The molecular formula is C11H15ClN2O. The Kier molecular flexibility index (Phi) is 2.94. The van der Waals surface area contributed by atoms with Crippen molar-refractivity contribution in [3.05, 3.63) is 22.7 Å². The maximum atomic E-state index is 5.97. The number of aromatic nitrogens is 2. The van der Waals surface area contributed by atoms with Gasteiger partial charge in [0.15, 0.2) is 5.82 Å². The van der Waals surface area contributed by atoms with Crippen LogP contribution in [0.3, 0.4) is 0 Å². The molecule has 82 valence electrons. The van der Waals surface area contributed by atoms with Gasteiger partial charge in [0, 0.05) is 12.8 Å². The quantitative estimate of drug-likeness (QED) is 0.744. The average Bonchev–Trinajstić information content (AvgIpc) is 2.16. The molecule has 0 N–H and O–H groups in total. The fourth-order valence-corrected chi connectivity index (χ4v) is 2.07. The van der Waals surface area contributed by atoms with E-state index in [9.17, 15) is 0 Å². The smallest absolute Gasteiger partial charge is 0.162 e. The van der Waals surface area contributed by atoms with Crippen LogP contribution >= 0.6 is 11.6 Å². The summed E-state index contributed by atoms with van der Waals surface area (Å²) in [7, 11) is 1.72. The van der Waals surface area contributed by atoms with E-state index in [4.69, 9.17) is 16.3 Å². The van der Waals surface area contributed by atoms with Crippen molar-refractivity contribution in [2.24, 2.45) is 0 Å². The van der Waals surface area contributed by atoms with Gasteiger partial charge in [0.1, 0.15) is 10.8 Å². The monoisotopic (exact) mass is 226 g/mol. The van der Waals surface area contributed by atoms with Crippen LogP contribution in [0.1, 0.15) is 37.7 Å². The topological polar surface area (TPSA) is 35.0 Å². The van der Waals surface area contributed by atoms with Crippen LogP contribution in [0.4, 0.5) is 0 Å². The normalized spacial score (nSPS) is 18.6. The molecule has 0 aromatic carbocycles. The maximum Gasteiger partial charge on any atom is 0.162 e. The molecule has 1 aromatic heterocycles. The lowest BCUT2D eigenvalue weighted by Crippen LogP contribution is -2.38. The molecule has 0 radical (unpaired) electrons. The van der Waals surface area contributed by atoms with E-state index in [-0.39, 0.29) is 5.60 Å². The first-order chi connectivity index (χ1) is 7.20. The summed E-state index contributed by atoms with van der Waals surface area (Å²) in [5, 5.41) is 0.514. The molecule has 0 spiro atoms. The van der Waals surface area contributed by atoms with E-state index in [0.29, 0.717) is 5.15 Å². The van der Waals surface area contributed by atoms with Crippen LogP contribution in [-0.4, -0.2) is 17.1 Å². The van der Waals surface area contributed by atoms with Crippen molar-refractivity contribution >= 4 is 11.6 Å². The molecule has 2 rings (SSSR count). The predicted octanol–water partition coefficient (Wildman–Crippen LogP) is 2.72. The van der Waals surface area contributed by atoms with Gasteiger partial charge in [-0.15, -0.1) is 0 Å². The van der Waals surface area contributed by atoms with Gasteiger partial charge in [0.2, 0.25) is 0 Å². The molecule has 0 atom stereocenters. The lowest BCUT2D eigenvalue weighted by atomic mass is 9.79. The van der Waals surface area contributed by atoms with Gasteiger partial charge >= 0.3 is 0 Å². The van der Waals surface area contributed by atoms with Crippen LogP contribution in [0.2, 0.25) is 5.15 Å². The van der Waals surface area contributed by atoms with E-state index in [2.05, 4.69) is 16.9 Å². The van der Waals surface area contributed by atoms with Crippen molar-refractivity contribution in [1.82, 2.24) is 9.97 Å². The third kappa shape index (κ3) is 1.86. The zero-order valence-electron chi connectivity index (χ0n) is 9.09. The van der Waals surface area contributed by atoms with Gasteiger partial charge < -0.3 is 4.74 Å². The predicted molar refractivity (Wildman–Crippen MR) is 59.0 cm³/mol. The van der Waals surface area contributed by atoms with Gasteiger partial charge in [-0.25, -0.2) is 9.97 Å². The van der Waals surface area contributed by atoms with Gasteiger partial charge in [-0.05, 0) is 31.7 Å². The first kappa shape index (κ1) is 10.8. The Hall–Kier alpha value is -0.670. The second-order valence-electron chi connectivity index (χ2n) is 3.91. The Morgan fingerprint density at radius 2 is 2.20 bits per heavy atom. The molecule has 0 saturated heterocycles. The molecule has 3 nitrogen and oxygen atoms in total. The standard InChI is InChI=1S/C11H15ClN2O/c1-3-8-7-9(12)14-10(13-8)11(15-2)5-4-6-11/h7H,3-6H2,1-2H3. The first-order valence-electron chi connectivity index (χ1n) is 5.29. The molecular weight excluding hydrogens is 212 g/mol. The number of nitrogens with zero attached hydrogens (tertiary/aromatic N) is 2. The van der Waals surface area contributed by atoms with Gasteiger partial charge in [0.25, 0.3) is 0 Å². The van der Waals surface area contributed by atoms with E-state index in [1.807, 2.05) is 6.07 Å². The lowest BCUT2D eigenvalue weighted by molar-refractivity contribution is -0.0847. The molecule has 4 heteroatoms. The molecule has 0 bridgehead atoms. The summed E-state index contributed by atoms with van der Waals surface area (Å²) in [5.74, 6) is 0.751. The average molecular weight is 227 g/mol. The number of halogens is 1. The van der Waals surface area contributed by atoms with E-state index in [1.54, 1.807) is 7.11 Å². The molecule has 15 heavy (non-hydrogen) atoms. The molecule has 0 aliphatic heterocycles. The fraction of sp³-hybridized carbons (Fsp3) is 0.636. The molecule has 0 unspecified atom stereocenters. The Morgan fingerprint density at radius 3 is 2.67 bits per heavy atom. The van der Waals surface area contributed by atoms with E-state index < -0.39 is 0 Å². The fourth-order valence-electron chi connectivity index (χ4n) is 1.87. The first-order valence-corrected chi connectivity index (χ1v) is 5.67. The van der Waals surface area contributed by atoms with Gasteiger partial charge in [-0.3, -0.25) is 0 Å². The van der Waals surface area contributed by atoms with Crippen molar-refractivity contribution in [1.29, 1.82) is 0 Å². The van der Waals surface area contributed by atoms with Crippen LogP contribution in [0.5, 0.6) is 0 Å². The second-order valence-corrected chi connectivity index (χ2v) is 4.30. The minimum atomic E-state index is -0.269. The minimum Gasteiger partial charge on any atom is -0.370 e. The highest BCUT2D eigenvalue weighted by Crippen LogP contribution is 2.42. The van der Waals surface area contributed by atoms with Crippen LogP contribution in [0, 0.1) is 0 Å². The number of methoxy groups -OCH3 is 1. The number of hydrogen-bond donors (Lipinski definition) is 0. The molecule has 1 fully saturated rings. The summed E-state index contributed by atoms with van der Waals surface area (Å²) in [6.45, 7) is 2.06. The Labute approximate surface area is 94.8 Å². The highest BCUT2D eigenvalue weighted by molar-refractivity contribution is 6.29. The second kappa shape index (κ2) is 4.06. The van der Waals surface area contributed by atoms with E-state index >= 15 is 0 Å². The van der Waals surface area contributed by atoms with Crippen molar-refractivity contribution in [2.75, 3.05) is 7.11 Å². The number of ether oxygens (including phenoxy) is 1. The zero-order valence-corrected chi connectivity index (χ0v) is 9.84. The third-order valence-corrected chi connectivity index (χ3v) is 3.26. The summed E-state index contributed by atoms with van der Waals surface area (Å²) >= 11 is 5.97. The van der Waals surface area contributed by atoms with Gasteiger partial charge in [0.05, 0.1) is 0 Å². The molecule has 0 amide bonds. The van der Waals surface area contributed by atoms with Crippen molar-refractivity contribution in [2.45, 2.75) is 38.2 Å². The number of rotatable bonds is 3. The summed E-state index contributed by atoms with van der Waals surface area (Å²) < 4.78 is 5.53. The Morgan fingerprint density at radius 1 is 1.47 bits per heavy atom. The largest absolute Gasteiger partial charge is 0.370 e. The van der Waals surface area contributed by atoms with Crippen LogP contribution in [0.15, 0.2) is 6.07 Å². The summed E-state index contributed by atoms with van der Waals surface area (Å²) in [6.07, 6.45) is 4.03. The zero-order chi connectivity index (χ0) is 10.9. The van der Waals surface area contributed by atoms with Crippen molar-refractivity contribution < 1.29 is 4.74 Å². The van der Waals surface area contributed by atoms with Crippen LogP contribution < -0.4 is 0 Å². The molecule has 1 saturated carbocycles. The number of hydrogen-bond acceptors (Lipinski definition) is 3. The molecule has 1 aliphatic rings. The van der Waals surface area contributed by atoms with E-state index in [0.717, 1.165) is 30.8 Å². The molecule has 1 aliphatic carbocycles. The Balaban J connectivity index is 2.38. The van der Waals surface area contributed by atoms with Crippen LogP contribution in [-0.2, 0) is 16.8 Å². The van der Waals surface area contributed by atoms with Crippen molar-refractivity contribution in [3.8, 4) is 0 Å². The number of aryl methyl sites for hydroxylation is 1. The minimum absolute atomic E-state index is 0.269. The highest BCUT2D eigenvalue weighted by Gasteiger charge is 2.41. The SMILES string of the molecule is CCc1cc(Cl)nc(C2(OC)CCC2)n1. The summed E-state index contributed by atoms with van der Waals surface area (Å²) in [6, 6.07) is 1.81. The molecule has 1 aromatic rings. The summed E-state index contributed by atoms with van der Waals surface area (Å²) in [4.78, 5) is 8.77. The lowest BCUT2D eigenvalue weighted by Gasteiger charge is -2.38. The third-order valence-electron chi connectivity index (χ3n) is 3.07. The van der Waals surface area contributed by atoms with Gasteiger partial charge in [-0.1, -0.05) is 18.5 Å². The van der Waals surface area contributed by atoms with Crippen molar-refractivity contribution in [3.63, 3.8) is 0 Å². The van der Waals surface area contributed by atoms with E-state index in [1.165, 1.54) is 6.42 Å². The molecule has 1 heterocycles. The van der Waals surface area contributed by atoms with Gasteiger partial charge in [-0.2, -0.15) is 0 Å². The Bertz CT molecular complexity index is 358. The maximum absolute atomic E-state index is 5.97. The van der Waals surface area contributed by atoms with Crippen LogP contribution in [0.25, 0.3) is 0 Å². The summed E-state index contributed by atoms with van der Waals surface area (Å²) in [5.41, 5.74) is 0.711. The highest BCUT2D eigenvalue weighted by atomic mass is 35.5.